The molecular formula is C12H12N2O3. The predicted molar refractivity (Wildman–Crippen MR) is 62.1 cm³/mol. The highest BCUT2D eigenvalue weighted by Gasteiger charge is 2.23. The molecular weight excluding hydrogens is 220 g/mol. The van der Waals surface area contributed by atoms with Gasteiger partial charge in [0.05, 0.1) is 5.69 Å². The normalized spacial score (nSPS) is 15.2. The topological polar surface area (TPSA) is 69.6 Å². The first kappa shape index (κ1) is 11.2. The number of hydrogen-bond acceptors (Lipinski definition) is 3. The summed E-state index contributed by atoms with van der Waals surface area (Å²) in [7, 11) is 0. The van der Waals surface area contributed by atoms with Crippen molar-refractivity contribution in [2.24, 2.45) is 0 Å². The van der Waals surface area contributed by atoms with E-state index in [4.69, 9.17) is 5.11 Å². The van der Waals surface area contributed by atoms with Gasteiger partial charge in [-0.2, -0.15) is 0 Å². The summed E-state index contributed by atoms with van der Waals surface area (Å²) < 4.78 is 0. The number of hydrogen-bond donors (Lipinski definition) is 2. The Hall–Kier alpha value is -2.30. The summed E-state index contributed by atoms with van der Waals surface area (Å²) in [6, 6.07) is 7.29. The molecule has 0 unspecified atom stereocenters. The molecule has 0 atom stereocenters. The molecule has 0 fully saturated rings. The smallest absolute Gasteiger partial charge is 0.353 e. The Labute approximate surface area is 98.3 Å². The lowest BCUT2D eigenvalue weighted by Gasteiger charge is -2.27. The summed E-state index contributed by atoms with van der Waals surface area (Å²) in [5.41, 5.74) is 4.25. The van der Waals surface area contributed by atoms with Gasteiger partial charge in [-0.25, -0.2) is 9.80 Å². The molecule has 1 amide bonds. The van der Waals surface area contributed by atoms with E-state index in [9.17, 15) is 9.59 Å². The van der Waals surface area contributed by atoms with Crippen molar-refractivity contribution in [1.82, 2.24) is 5.43 Å². The summed E-state index contributed by atoms with van der Waals surface area (Å²) in [6.07, 6.45) is 1.46. The van der Waals surface area contributed by atoms with Gasteiger partial charge in [0, 0.05) is 6.42 Å². The molecule has 1 aliphatic heterocycles. The van der Waals surface area contributed by atoms with E-state index in [0.717, 1.165) is 5.56 Å². The second-order valence-electron chi connectivity index (χ2n) is 3.81. The van der Waals surface area contributed by atoms with Crippen LogP contribution in [0.5, 0.6) is 0 Å². The lowest BCUT2D eigenvalue weighted by Crippen LogP contribution is -2.46. The second-order valence-corrected chi connectivity index (χ2v) is 3.81. The first-order valence-electron chi connectivity index (χ1n) is 5.17. The van der Waals surface area contributed by atoms with Crippen LogP contribution in [-0.2, 0) is 9.59 Å². The third-order valence-electron chi connectivity index (χ3n) is 2.45. The monoisotopic (exact) mass is 232 g/mol. The molecule has 0 spiro atoms. The third kappa shape index (κ3) is 2.28. The average Bonchev–Trinajstić information content (AvgIpc) is 2.29. The predicted octanol–water partition coefficient (Wildman–Crippen LogP) is 1.20. The molecule has 5 nitrogen and oxygen atoms in total. The fraction of sp³-hybridized carbons (Fsp3) is 0.167. The number of rotatable bonds is 2. The Morgan fingerprint density at radius 3 is 2.88 bits per heavy atom. The van der Waals surface area contributed by atoms with Crippen molar-refractivity contribution in [2.45, 2.75) is 13.3 Å². The van der Waals surface area contributed by atoms with Crippen LogP contribution < -0.4 is 10.4 Å². The molecule has 1 aromatic carbocycles. The Balaban J connectivity index is 2.30. The maximum atomic E-state index is 11.7. The number of benzene rings is 1. The van der Waals surface area contributed by atoms with E-state index in [2.05, 4.69) is 5.43 Å². The van der Waals surface area contributed by atoms with E-state index >= 15 is 0 Å². The maximum Gasteiger partial charge on any atom is 0.353 e. The van der Waals surface area contributed by atoms with Crippen LogP contribution in [0.3, 0.4) is 0 Å². The van der Waals surface area contributed by atoms with Crippen molar-refractivity contribution in [3.05, 3.63) is 41.6 Å². The molecule has 2 N–H and O–H groups in total. The summed E-state index contributed by atoms with van der Waals surface area (Å²) in [5.74, 6) is -1.25. The summed E-state index contributed by atoms with van der Waals surface area (Å²) in [5, 5.41) is 10.1. The zero-order valence-corrected chi connectivity index (χ0v) is 9.30. The molecule has 0 radical (unpaired) electrons. The number of carboxylic acid groups (broad SMARTS) is 1. The number of anilines is 1. The lowest BCUT2D eigenvalue weighted by atomic mass is 10.2. The fourth-order valence-corrected chi connectivity index (χ4v) is 1.62. The Bertz CT molecular complexity index is 508. The van der Waals surface area contributed by atoms with E-state index in [1.54, 1.807) is 6.07 Å². The van der Waals surface area contributed by atoms with Gasteiger partial charge in [-0.3, -0.25) is 10.2 Å². The van der Waals surface area contributed by atoms with E-state index in [-0.39, 0.29) is 18.0 Å². The molecule has 1 aliphatic rings. The highest BCUT2D eigenvalue weighted by molar-refractivity contribution is 5.98. The minimum Gasteiger partial charge on any atom is -0.477 e. The third-order valence-corrected chi connectivity index (χ3v) is 2.45. The van der Waals surface area contributed by atoms with E-state index in [1.165, 1.54) is 11.1 Å². The van der Waals surface area contributed by atoms with E-state index in [0.29, 0.717) is 5.69 Å². The molecule has 0 saturated heterocycles. The van der Waals surface area contributed by atoms with Gasteiger partial charge in [0.1, 0.15) is 5.70 Å². The van der Waals surface area contributed by atoms with Crippen LogP contribution >= 0.6 is 0 Å². The van der Waals surface area contributed by atoms with Crippen LogP contribution in [-0.4, -0.2) is 17.0 Å². The summed E-state index contributed by atoms with van der Waals surface area (Å²) >= 11 is 0. The quantitative estimate of drug-likeness (QED) is 0.804. The first-order chi connectivity index (χ1) is 8.08. The van der Waals surface area contributed by atoms with Gasteiger partial charge in [0.25, 0.3) is 0 Å². The van der Waals surface area contributed by atoms with Crippen molar-refractivity contribution >= 4 is 17.6 Å². The number of carbonyl (C=O) groups is 2. The van der Waals surface area contributed by atoms with Crippen LogP contribution in [0.1, 0.15) is 12.0 Å². The highest BCUT2D eigenvalue weighted by atomic mass is 16.4. The van der Waals surface area contributed by atoms with Gasteiger partial charge in [-0.15, -0.1) is 0 Å². The SMILES string of the molecule is Cc1cccc(N2NC(C(=O)O)=CCC2=O)c1. The highest BCUT2D eigenvalue weighted by Crippen LogP contribution is 2.18. The molecule has 17 heavy (non-hydrogen) atoms. The number of carbonyl (C=O) groups excluding carboxylic acids is 1. The maximum absolute atomic E-state index is 11.7. The van der Waals surface area contributed by atoms with Gasteiger partial charge >= 0.3 is 5.97 Å². The van der Waals surface area contributed by atoms with Gasteiger partial charge in [0.2, 0.25) is 5.91 Å². The van der Waals surface area contributed by atoms with Crippen LogP contribution in [0, 0.1) is 6.92 Å². The molecule has 2 rings (SSSR count). The minimum atomic E-state index is -1.07. The van der Waals surface area contributed by atoms with Gasteiger partial charge in [0.15, 0.2) is 0 Å². The van der Waals surface area contributed by atoms with Crippen LogP contribution in [0.2, 0.25) is 0 Å². The van der Waals surface area contributed by atoms with Crippen LogP contribution in [0.25, 0.3) is 0 Å². The molecule has 0 saturated carbocycles. The Morgan fingerprint density at radius 2 is 2.24 bits per heavy atom. The van der Waals surface area contributed by atoms with Gasteiger partial charge in [-0.1, -0.05) is 12.1 Å². The minimum absolute atomic E-state index is 0.0195. The van der Waals surface area contributed by atoms with Crippen LogP contribution in [0.4, 0.5) is 5.69 Å². The summed E-state index contributed by atoms with van der Waals surface area (Å²) in [4.78, 5) is 22.5. The number of aliphatic carboxylic acids is 1. The standard InChI is InChI=1S/C12H12N2O3/c1-8-3-2-4-9(7-8)14-11(15)6-5-10(13-14)12(16)17/h2-5,7,13H,6H2,1H3,(H,16,17). The molecule has 5 heteroatoms. The molecule has 0 aromatic heterocycles. The van der Waals surface area contributed by atoms with Crippen molar-refractivity contribution in [3.8, 4) is 0 Å². The van der Waals surface area contributed by atoms with Crippen LogP contribution in [0.15, 0.2) is 36.0 Å². The molecule has 1 aromatic rings. The number of aryl methyl sites for hydroxylation is 1. The fourth-order valence-electron chi connectivity index (χ4n) is 1.62. The van der Waals surface area contributed by atoms with Crippen molar-refractivity contribution in [3.63, 3.8) is 0 Å². The average molecular weight is 232 g/mol. The molecule has 0 aliphatic carbocycles. The van der Waals surface area contributed by atoms with E-state index < -0.39 is 5.97 Å². The Kier molecular flexibility index (Phi) is 2.82. The van der Waals surface area contributed by atoms with E-state index in [1.807, 2.05) is 25.1 Å². The zero-order chi connectivity index (χ0) is 12.4. The number of hydrazine groups is 1. The second kappa shape index (κ2) is 4.29. The number of amides is 1. The molecule has 1 heterocycles. The zero-order valence-electron chi connectivity index (χ0n) is 9.30. The van der Waals surface area contributed by atoms with Gasteiger partial charge < -0.3 is 5.11 Å². The van der Waals surface area contributed by atoms with Crippen molar-refractivity contribution in [2.75, 3.05) is 5.01 Å². The summed E-state index contributed by atoms with van der Waals surface area (Å²) in [6.45, 7) is 1.91. The number of nitrogens with zero attached hydrogens (tertiary/aromatic N) is 1. The van der Waals surface area contributed by atoms with Crippen molar-refractivity contribution in [1.29, 1.82) is 0 Å². The van der Waals surface area contributed by atoms with Crippen molar-refractivity contribution < 1.29 is 14.7 Å². The largest absolute Gasteiger partial charge is 0.477 e. The first-order valence-corrected chi connectivity index (χ1v) is 5.17. The number of nitrogens with one attached hydrogen (secondary N) is 1. The van der Waals surface area contributed by atoms with Gasteiger partial charge in [-0.05, 0) is 30.7 Å². The molecule has 88 valence electrons. The lowest BCUT2D eigenvalue weighted by molar-refractivity contribution is -0.133. The number of carboxylic acids is 1. The Morgan fingerprint density at radius 1 is 1.47 bits per heavy atom. The molecule has 0 bridgehead atoms.